The number of carbonyl (C=O) groups is 1. The van der Waals surface area contributed by atoms with E-state index in [0.29, 0.717) is 25.7 Å². The number of alkyl halides is 3. The van der Waals surface area contributed by atoms with Crippen LogP contribution in [0.4, 0.5) is 32.4 Å². The molecule has 1 fully saturated rings. The minimum absolute atomic E-state index is 0.110. The van der Waals surface area contributed by atoms with Crippen LogP contribution >= 0.6 is 0 Å². The minimum atomic E-state index is -4.88. The Labute approximate surface area is 175 Å². The summed E-state index contributed by atoms with van der Waals surface area (Å²) in [5.74, 6) is -1.84. The molecule has 0 radical (unpaired) electrons. The number of carbonyl (C=O) groups excluding carboxylic acids is 1. The van der Waals surface area contributed by atoms with Crippen molar-refractivity contribution in [1.29, 1.82) is 0 Å². The smallest absolute Gasteiger partial charge is 0.404 e. The molecule has 2 aromatic rings. The zero-order valence-electron chi connectivity index (χ0n) is 16.3. The van der Waals surface area contributed by atoms with Gasteiger partial charge in [0, 0.05) is 11.6 Å². The Morgan fingerprint density at radius 2 is 1.61 bits per heavy atom. The van der Waals surface area contributed by atoms with Gasteiger partial charge < -0.3 is 20.1 Å². The van der Waals surface area contributed by atoms with Crippen LogP contribution in [0.25, 0.3) is 0 Å². The van der Waals surface area contributed by atoms with Gasteiger partial charge in [-0.25, -0.2) is 13.6 Å². The number of rotatable bonds is 6. The molecule has 1 aliphatic carbocycles. The van der Waals surface area contributed by atoms with E-state index in [-0.39, 0.29) is 30.0 Å². The lowest BCUT2D eigenvalue weighted by atomic mass is 9.93. The Morgan fingerprint density at radius 1 is 0.968 bits per heavy atom. The summed E-state index contributed by atoms with van der Waals surface area (Å²) in [6.45, 7) is -0.183. The quantitative estimate of drug-likeness (QED) is 0.578. The van der Waals surface area contributed by atoms with Gasteiger partial charge in [0.15, 0.2) is 5.75 Å². The SMILES string of the molecule is O=C(Nc1ccccc1OC(F)(F)F)NC1CCC(OCc2c(F)cccc2F)CC1. The molecule has 2 N–H and O–H groups in total. The lowest BCUT2D eigenvalue weighted by Crippen LogP contribution is -2.41. The molecule has 0 atom stereocenters. The third-order valence-corrected chi connectivity index (χ3v) is 4.90. The molecule has 0 heterocycles. The highest BCUT2D eigenvalue weighted by Gasteiger charge is 2.32. The fourth-order valence-corrected chi connectivity index (χ4v) is 3.37. The lowest BCUT2D eigenvalue weighted by Gasteiger charge is -2.29. The van der Waals surface area contributed by atoms with Crippen LogP contribution in [0.15, 0.2) is 42.5 Å². The van der Waals surface area contributed by atoms with E-state index >= 15 is 0 Å². The van der Waals surface area contributed by atoms with Crippen LogP contribution in [-0.4, -0.2) is 24.5 Å². The predicted octanol–water partition coefficient (Wildman–Crippen LogP) is 5.51. The Hall–Kier alpha value is -2.88. The van der Waals surface area contributed by atoms with Crippen molar-refractivity contribution in [1.82, 2.24) is 5.32 Å². The average Bonchev–Trinajstić information content (AvgIpc) is 2.69. The van der Waals surface area contributed by atoms with E-state index in [0.717, 1.165) is 6.07 Å². The lowest BCUT2D eigenvalue weighted by molar-refractivity contribution is -0.274. The summed E-state index contributed by atoms with van der Waals surface area (Å²) in [6.07, 6.45) is -2.85. The maximum absolute atomic E-state index is 13.7. The van der Waals surface area contributed by atoms with Gasteiger partial charge in [-0.15, -0.1) is 13.2 Å². The molecule has 0 saturated heterocycles. The highest BCUT2D eigenvalue weighted by atomic mass is 19.4. The highest BCUT2D eigenvalue weighted by Crippen LogP contribution is 2.30. The standard InChI is InChI=1S/C21H21F5N2O3/c22-16-4-3-5-17(23)15(16)12-30-14-10-8-13(9-11-14)27-20(29)28-18-6-1-2-7-19(18)31-21(24,25)26/h1-7,13-14H,8-12H2,(H2,27,28,29). The molecule has 5 nitrogen and oxygen atoms in total. The molecule has 3 rings (SSSR count). The van der Waals surface area contributed by atoms with E-state index in [9.17, 15) is 26.7 Å². The van der Waals surface area contributed by atoms with Crippen molar-refractivity contribution in [2.24, 2.45) is 0 Å². The average molecular weight is 444 g/mol. The Kier molecular flexibility index (Phi) is 7.32. The zero-order chi connectivity index (χ0) is 22.4. The first-order valence-corrected chi connectivity index (χ1v) is 9.68. The number of urea groups is 1. The van der Waals surface area contributed by atoms with Crippen molar-refractivity contribution in [2.45, 2.75) is 50.8 Å². The second-order valence-electron chi connectivity index (χ2n) is 7.13. The third kappa shape index (κ3) is 6.81. The molecule has 0 unspecified atom stereocenters. The van der Waals surface area contributed by atoms with Gasteiger partial charge in [-0.2, -0.15) is 0 Å². The molecule has 31 heavy (non-hydrogen) atoms. The van der Waals surface area contributed by atoms with Crippen LogP contribution in [0.3, 0.4) is 0 Å². The molecule has 2 aromatic carbocycles. The Balaban J connectivity index is 1.45. The molecule has 0 spiro atoms. The summed E-state index contributed by atoms with van der Waals surface area (Å²) in [6, 6.07) is 7.98. The fraction of sp³-hybridized carbons (Fsp3) is 0.381. The molecular weight excluding hydrogens is 423 g/mol. The number of ether oxygens (including phenoxy) is 2. The number of hydrogen-bond acceptors (Lipinski definition) is 3. The van der Waals surface area contributed by atoms with Gasteiger partial charge in [-0.1, -0.05) is 18.2 Å². The highest BCUT2D eigenvalue weighted by molar-refractivity contribution is 5.91. The largest absolute Gasteiger partial charge is 0.573 e. The zero-order valence-corrected chi connectivity index (χ0v) is 16.3. The van der Waals surface area contributed by atoms with E-state index in [1.807, 2.05) is 0 Å². The molecule has 0 aromatic heterocycles. The number of anilines is 1. The van der Waals surface area contributed by atoms with E-state index < -0.39 is 29.8 Å². The number of hydrogen-bond donors (Lipinski definition) is 2. The third-order valence-electron chi connectivity index (χ3n) is 4.90. The normalized spacial score (nSPS) is 19.0. The topological polar surface area (TPSA) is 59.6 Å². The van der Waals surface area contributed by atoms with Crippen molar-refractivity contribution in [2.75, 3.05) is 5.32 Å². The van der Waals surface area contributed by atoms with Crippen molar-refractivity contribution in [3.63, 3.8) is 0 Å². The van der Waals surface area contributed by atoms with Gasteiger partial charge in [-0.05, 0) is 49.9 Å². The van der Waals surface area contributed by atoms with Crippen molar-refractivity contribution in [3.05, 3.63) is 59.7 Å². The molecule has 168 valence electrons. The molecule has 2 amide bonds. The fourth-order valence-electron chi connectivity index (χ4n) is 3.37. The molecule has 0 aliphatic heterocycles. The van der Waals surface area contributed by atoms with Crippen LogP contribution in [0.2, 0.25) is 0 Å². The summed E-state index contributed by atoms with van der Waals surface area (Å²) >= 11 is 0. The summed E-state index contributed by atoms with van der Waals surface area (Å²) in [7, 11) is 0. The van der Waals surface area contributed by atoms with E-state index in [1.54, 1.807) is 0 Å². The number of halogens is 5. The first kappa shape index (κ1) is 22.8. The molecule has 10 heteroatoms. The monoisotopic (exact) mass is 444 g/mol. The van der Waals surface area contributed by atoms with Gasteiger partial charge in [0.1, 0.15) is 11.6 Å². The van der Waals surface area contributed by atoms with Crippen molar-refractivity contribution in [3.8, 4) is 5.75 Å². The first-order chi connectivity index (χ1) is 14.7. The number of para-hydroxylation sites is 2. The van der Waals surface area contributed by atoms with Crippen LogP contribution in [0.5, 0.6) is 5.75 Å². The number of nitrogens with one attached hydrogen (secondary N) is 2. The van der Waals surface area contributed by atoms with Crippen LogP contribution < -0.4 is 15.4 Å². The molecule has 1 aliphatic rings. The van der Waals surface area contributed by atoms with Gasteiger partial charge in [0.25, 0.3) is 0 Å². The second kappa shape index (κ2) is 9.95. The van der Waals surface area contributed by atoms with E-state index in [1.165, 1.54) is 36.4 Å². The summed E-state index contributed by atoms with van der Waals surface area (Å²) in [5, 5.41) is 5.07. The molecule has 0 bridgehead atoms. The first-order valence-electron chi connectivity index (χ1n) is 9.68. The van der Waals surface area contributed by atoms with Gasteiger partial charge in [-0.3, -0.25) is 0 Å². The van der Waals surface area contributed by atoms with E-state index in [2.05, 4.69) is 15.4 Å². The molecule has 1 saturated carbocycles. The van der Waals surface area contributed by atoms with Gasteiger partial charge in [0.2, 0.25) is 0 Å². The summed E-state index contributed by atoms with van der Waals surface area (Å²) < 4.78 is 74.3. The second-order valence-corrected chi connectivity index (χ2v) is 7.13. The number of amides is 2. The Morgan fingerprint density at radius 3 is 2.26 bits per heavy atom. The van der Waals surface area contributed by atoms with Crippen LogP contribution in [0.1, 0.15) is 31.2 Å². The maximum atomic E-state index is 13.7. The van der Waals surface area contributed by atoms with Gasteiger partial charge >= 0.3 is 12.4 Å². The van der Waals surface area contributed by atoms with Crippen molar-refractivity contribution >= 4 is 11.7 Å². The van der Waals surface area contributed by atoms with Crippen LogP contribution in [0, 0.1) is 11.6 Å². The molecular formula is C21H21F5N2O3. The number of benzene rings is 2. The summed E-state index contributed by atoms with van der Waals surface area (Å²) in [5.41, 5.74) is -0.233. The minimum Gasteiger partial charge on any atom is -0.404 e. The van der Waals surface area contributed by atoms with Crippen LogP contribution in [-0.2, 0) is 11.3 Å². The Bertz CT molecular complexity index is 879. The summed E-state index contributed by atoms with van der Waals surface area (Å²) in [4.78, 5) is 12.2. The van der Waals surface area contributed by atoms with E-state index in [4.69, 9.17) is 4.74 Å². The maximum Gasteiger partial charge on any atom is 0.573 e. The van der Waals surface area contributed by atoms with Crippen molar-refractivity contribution < 1.29 is 36.2 Å². The van der Waals surface area contributed by atoms with Gasteiger partial charge in [0.05, 0.1) is 18.4 Å². The predicted molar refractivity (Wildman–Crippen MR) is 102 cm³/mol.